The van der Waals surface area contributed by atoms with E-state index in [2.05, 4.69) is 9.88 Å². The maximum absolute atomic E-state index is 14.4. The van der Waals surface area contributed by atoms with Crippen LogP contribution in [0.25, 0.3) is 10.2 Å². The number of anilines is 1. The summed E-state index contributed by atoms with van der Waals surface area (Å²) in [5.41, 5.74) is 1.13. The van der Waals surface area contributed by atoms with Crippen molar-refractivity contribution in [3.63, 3.8) is 0 Å². The van der Waals surface area contributed by atoms with Gasteiger partial charge in [-0.1, -0.05) is 62.4 Å². The Hall–Kier alpha value is -3.25. The van der Waals surface area contributed by atoms with Crippen LogP contribution in [0, 0.1) is 11.6 Å². The van der Waals surface area contributed by atoms with Crippen molar-refractivity contribution in [2.45, 2.75) is 32.2 Å². The van der Waals surface area contributed by atoms with Gasteiger partial charge in [0.05, 0.1) is 9.60 Å². The van der Waals surface area contributed by atoms with Crippen molar-refractivity contribution < 1.29 is 22.0 Å². The molecule has 0 saturated carbocycles. The Morgan fingerprint density at radius 1 is 0.900 bits per heavy atom. The van der Waals surface area contributed by atoms with Gasteiger partial charge in [-0.2, -0.15) is 4.31 Å². The van der Waals surface area contributed by atoms with Crippen LogP contribution in [0.15, 0.2) is 71.6 Å². The van der Waals surface area contributed by atoms with Crippen molar-refractivity contribution in [2.75, 3.05) is 37.6 Å². The summed E-state index contributed by atoms with van der Waals surface area (Å²) in [4.78, 5) is 21.7. The van der Waals surface area contributed by atoms with Gasteiger partial charge >= 0.3 is 0 Å². The topological polar surface area (TPSA) is 73.8 Å². The molecule has 0 N–H and O–H groups in total. The number of rotatable bonds is 12. The molecule has 1 aromatic heterocycles. The Balaban J connectivity index is 1.63. The highest BCUT2D eigenvalue weighted by atomic mass is 32.2. The molecule has 0 bridgehead atoms. The van der Waals surface area contributed by atoms with E-state index in [0.717, 1.165) is 36.1 Å². The van der Waals surface area contributed by atoms with Crippen molar-refractivity contribution in [1.82, 2.24) is 14.2 Å². The number of fused-ring (bicyclic) bond motifs is 1. The second-order valence-electron chi connectivity index (χ2n) is 9.16. The molecule has 0 fully saturated rings. The maximum atomic E-state index is 14.4. The Bertz CT molecular complexity index is 1560. The van der Waals surface area contributed by atoms with E-state index in [0.29, 0.717) is 11.2 Å². The third-order valence-electron chi connectivity index (χ3n) is 6.71. The highest BCUT2D eigenvalue weighted by Gasteiger charge is 2.26. The van der Waals surface area contributed by atoms with Crippen LogP contribution in [0.3, 0.4) is 0 Å². The van der Waals surface area contributed by atoms with Crippen LogP contribution >= 0.6 is 11.3 Å². The van der Waals surface area contributed by atoms with E-state index in [1.54, 1.807) is 6.92 Å². The number of aromatic nitrogens is 1. The predicted molar refractivity (Wildman–Crippen MR) is 155 cm³/mol. The van der Waals surface area contributed by atoms with Crippen LogP contribution in [0.2, 0.25) is 0 Å². The molecule has 11 heteroatoms. The van der Waals surface area contributed by atoms with E-state index in [1.807, 2.05) is 44.2 Å². The van der Waals surface area contributed by atoms with Gasteiger partial charge in [0, 0.05) is 37.8 Å². The second kappa shape index (κ2) is 12.9. The molecule has 1 heterocycles. The van der Waals surface area contributed by atoms with Crippen LogP contribution in [0.1, 0.15) is 36.7 Å². The fourth-order valence-corrected chi connectivity index (χ4v) is 6.82. The molecule has 212 valence electrons. The molecule has 0 unspecified atom stereocenters. The van der Waals surface area contributed by atoms with Gasteiger partial charge in [-0.15, -0.1) is 0 Å². The SMILES string of the molecule is CCN(CC)CCN(C(=O)c1ccc(S(=O)(=O)N(CC)Cc2ccccc2)cc1)c1nc2c(F)cc(F)cc2s1. The minimum absolute atomic E-state index is 0.00144. The van der Waals surface area contributed by atoms with Crippen LogP contribution in [-0.2, 0) is 16.6 Å². The first-order valence-corrected chi connectivity index (χ1v) is 15.4. The van der Waals surface area contributed by atoms with Crippen molar-refractivity contribution in [3.05, 3.63) is 89.5 Å². The third-order valence-corrected chi connectivity index (χ3v) is 9.67. The lowest BCUT2D eigenvalue weighted by atomic mass is 10.2. The second-order valence-corrected chi connectivity index (χ2v) is 12.1. The zero-order valence-electron chi connectivity index (χ0n) is 22.7. The van der Waals surface area contributed by atoms with Crippen molar-refractivity contribution >= 4 is 42.6 Å². The summed E-state index contributed by atoms with van der Waals surface area (Å²) >= 11 is 1.03. The molecule has 0 radical (unpaired) electrons. The smallest absolute Gasteiger partial charge is 0.260 e. The summed E-state index contributed by atoms with van der Waals surface area (Å²) in [5.74, 6) is -1.92. The number of thiazole rings is 1. The Labute approximate surface area is 237 Å². The number of nitrogens with zero attached hydrogens (tertiary/aromatic N) is 4. The van der Waals surface area contributed by atoms with Crippen molar-refractivity contribution in [2.24, 2.45) is 0 Å². The standard InChI is InChI=1S/C29H32F2N4O3S2/c1-4-33(5-2)16-17-35(29-32-27-25(31)18-23(30)19-26(27)39-29)28(36)22-12-14-24(15-13-22)40(37,38)34(6-3)20-21-10-8-7-9-11-21/h7-15,18-19H,4-6,16-17,20H2,1-3H3. The van der Waals surface area contributed by atoms with Crippen LogP contribution in [0.5, 0.6) is 0 Å². The molecule has 0 aliphatic carbocycles. The fraction of sp³-hybridized carbons (Fsp3) is 0.310. The number of likely N-dealkylation sites (N-methyl/N-ethyl adjacent to an activating group) is 1. The number of carbonyl (C=O) groups excluding carboxylic acids is 1. The highest BCUT2D eigenvalue weighted by Crippen LogP contribution is 2.32. The van der Waals surface area contributed by atoms with Gasteiger partial charge < -0.3 is 4.90 Å². The fourth-order valence-electron chi connectivity index (χ4n) is 4.35. The number of halogens is 2. The number of hydrogen-bond donors (Lipinski definition) is 0. The van der Waals surface area contributed by atoms with E-state index in [1.165, 1.54) is 39.5 Å². The van der Waals surface area contributed by atoms with E-state index in [4.69, 9.17) is 0 Å². The summed E-state index contributed by atoms with van der Waals surface area (Å²) in [6.07, 6.45) is 0. The summed E-state index contributed by atoms with van der Waals surface area (Å²) < 4.78 is 56.6. The first-order chi connectivity index (χ1) is 19.2. The number of hydrogen-bond acceptors (Lipinski definition) is 6. The third kappa shape index (κ3) is 6.55. The summed E-state index contributed by atoms with van der Waals surface area (Å²) in [5, 5.41) is 0.244. The maximum Gasteiger partial charge on any atom is 0.260 e. The number of sulfonamides is 1. The van der Waals surface area contributed by atoms with Crippen LogP contribution < -0.4 is 4.90 Å². The lowest BCUT2D eigenvalue weighted by Crippen LogP contribution is -2.39. The first kappa shape index (κ1) is 29.7. The monoisotopic (exact) mass is 586 g/mol. The minimum Gasteiger partial charge on any atom is -0.302 e. The van der Waals surface area contributed by atoms with Crippen molar-refractivity contribution in [3.8, 4) is 0 Å². The van der Waals surface area contributed by atoms with Gasteiger partial charge in [-0.3, -0.25) is 9.69 Å². The van der Waals surface area contributed by atoms with Crippen molar-refractivity contribution in [1.29, 1.82) is 0 Å². The molecule has 4 aromatic rings. The molecule has 0 atom stereocenters. The van der Waals surface area contributed by atoms with Gasteiger partial charge in [-0.25, -0.2) is 22.2 Å². The Kier molecular flexibility index (Phi) is 9.62. The average Bonchev–Trinajstić information content (AvgIpc) is 3.38. The molecule has 0 saturated heterocycles. The van der Waals surface area contributed by atoms with Crippen LogP contribution in [-0.4, -0.2) is 61.2 Å². The zero-order chi connectivity index (χ0) is 28.9. The Morgan fingerprint density at radius 3 is 2.20 bits per heavy atom. The van der Waals surface area contributed by atoms with Gasteiger partial charge in [0.25, 0.3) is 5.91 Å². The number of benzene rings is 3. The normalized spacial score (nSPS) is 12.0. The molecular weight excluding hydrogens is 554 g/mol. The molecular formula is C29H32F2N4O3S2. The van der Waals surface area contributed by atoms with Crippen LogP contribution in [0.4, 0.5) is 13.9 Å². The summed E-state index contributed by atoms with van der Waals surface area (Å²) in [7, 11) is -3.80. The van der Waals surface area contributed by atoms with E-state index >= 15 is 0 Å². The minimum atomic E-state index is -3.80. The molecule has 0 spiro atoms. The largest absolute Gasteiger partial charge is 0.302 e. The number of carbonyl (C=O) groups is 1. The van der Waals surface area contributed by atoms with E-state index < -0.39 is 27.6 Å². The molecule has 7 nitrogen and oxygen atoms in total. The molecule has 3 aromatic carbocycles. The summed E-state index contributed by atoms with van der Waals surface area (Å²) in [6, 6.07) is 17.1. The molecule has 4 rings (SSSR count). The highest BCUT2D eigenvalue weighted by molar-refractivity contribution is 7.89. The van der Waals surface area contributed by atoms with Gasteiger partial charge in [0.1, 0.15) is 11.3 Å². The molecule has 0 aliphatic heterocycles. The van der Waals surface area contributed by atoms with E-state index in [9.17, 15) is 22.0 Å². The lowest BCUT2D eigenvalue weighted by molar-refractivity contribution is 0.0983. The number of amides is 1. The zero-order valence-corrected chi connectivity index (χ0v) is 24.3. The van der Waals surface area contributed by atoms with Gasteiger partial charge in [0.2, 0.25) is 10.0 Å². The quantitative estimate of drug-likeness (QED) is 0.211. The molecule has 1 amide bonds. The molecule has 0 aliphatic rings. The average molecular weight is 587 g/mol. The Morgan fingerprint density at radius 2 is 1.57 bits per heavy atom. The lowest BCUT2D eigenvalue weighted by Gasteiger charge is -2.25. The van der Waals surface area contributed by atoms with Gasteiger partial charge in [-0.05, 0) is 49.0 Å². The van der Waals surface area contributed by atoms with Gasteiger partial charge in [0.15, 0.2) is 10.9 Å². The van der Waals surface area contributed by atoms with E-state index in [-0.39, 0.29) is 40.7 Å². The first-order valence-electron chi connectivity index (χ1n) is 13.1. The predicted octanol–water partition coefficient (Wildman–Crippen LogP) is 5.77. The molecule has 40 heavy (non-hydrogen) atoms. The summed E-state index contributed by atoms with van der Waals surface area (Å²) in [6.45, 7) is 8.69.